The normalized spacial score (nSPS) is 15.1. The van der Waals surface area contributed by atoms with Crippen LogP contribution >= 0.6 is 0 Å². The Hall–Kier alpha value is -8.52. The van der Waals surface area contributed by atoms with Gasteiger partial charge in [0, 0.05) is 28.9 Å². The Kier molecular flexibility index (Phi) is 9.39. The first-order chi connectivity index (χ1) is 33.3. The SMILES string of the molecule is C1=CC2C(N(c3ccc(-c4c5ccccc5c(-c5ccccc5)c5ccccc45)cc3)c3ccc(-c4c5ccccc5c(-c5ccccc5)c5ccccc45)cc3)=Cc3ccccc3C2C=C1. The first kappa shape index (κ1) is 38.9. The summed E-state index contributed by atoms with van der Waals surface area (Å²) in [7, 11) is 0. The van der Waals surface area contributed by atoms with Gasteiger partial charge >= 0.3 is 0 Å². The van der Waals surface area contributed by atoms with E-state index in [1.54, 1.807) is 0 Å². The van der Waals surface area contributed by atoms with Crippen molar-refractivity contribution in [2.24, 2.45) is 5.92 Å². The summed E-state index contributed by atoms with van der Waals surface area (Å²) in [6, 6.07) is 85.0. The number of hydrogen-bond acceptors (Lipinski definition) is 1. The Morgan fingerprint density at radius 2 is 0.582 bits per heavy atom. The molecule has 0 radical (unpaired) electrons. The van der Waals surface area contributed by atoms with Gasteiger partial charge in [0.2, 0.25) is 0 Å². The van der Waals surface area contributed by atoms with Crippen LogP contribution in [-0.2, 0) is 0 Å². The topological polar surface area (TPSA) is 3.24 Å². The number of hydrogen-bond donors (Lipinski definition) is 0. The highest BCUT2D eigenvalue weighted by atomic mass is 15.2. The minimum atomic E-state index is 0.163. The highest BCUT2D eigenvalue weighted by molar-refractivity contribution is 6.22. The van der Waals surface area contributed by atoms with E-state index in [-0.39, 0.29) is 11.8 Å². The lowest BCUT2D eigenvalue weighted by Gasteiger charge is -2.39. The molecule has 0 fully saturated rings. The van der Waals surface area contributed by atoms with Gasteiger partial charge in [-0.2, -0.15) is 0 Å². The number of anilines is 2. The molecule has 314 valence electrons. The predicted molar refractivity (Wildman–Crippen MR) is 286 cm³/mol. The summed E-state index contributed by atoms with van der Waals surface area (Å²) in [6.45, 7) is 0. The number of rotatable bonds is 7. The molecule has 0 saturated carbocycles. The molecule has 0 N–H and O–H groups in total. The Morgan fingerprint density at radius 1 is 0.269 bits per heavy atom. The zero-order chi connectivity index (χ0) is 44.3. The number of fused-ring (bicyclic) bond motifs is 7. The summed E-state index contributed by atoms with van der Waals surface area (Å²) >= 11 is 0. The van der Waals surface area contributed by atoms with E-state index < -0.39 is 0 Å². The van der Waals surface area contributed by atoms with Gasteiger partial charge in [0.25, 0.3) is 0 Å². The third-order valence-corrected chi connectivity index (χ3v) is 14.2. The van der Waals surface area contributed by atoms with Crippen molar-refractivity contribution in [1.29, 1.82) is 0 Å². The first-order valence-electron chi connectivity index (χ1n) is 23.4. The van der Waals surface area contributed by atoms with Gasteiger partial charge in [0.1, 0.15) is 0 Å². The minimum absolute atomic E-state index is 0.163. The number of nitrogens with zero attached hydrogens (tertiary/aromatic N) is 1. The van der Waals surface area contributed by atoms with Crippen LogP contribution in [0, 0.1) is 5.92 Å². The van der Waals surface area contributed by atoms with E-state index in [9.17, 15) is 0 Å². The van der Waals surface area contributed by atoms with Gasteiger partial charge in [-0.05, 0) is 129 Å². The molecule has 1 heteroatoms. The molecule has 0 aliphatic heterocycles. The second kappa shape index (κ2) is 16.2. The summed E-state index contributed by atoms with van der Waals surface area (Å²) in [5, 5.41) is 10.1. The smallest absolute Gasteiger partial charge is 0.0459 e. The molecule has 2 aliphatic carbocycles. The summed E-state index contributed by atoms with van der Waals surface area (Å²) in [5.41, 5.74) is 16.1. The van der Waals surface area contributed by atoms with Crippen molar-refractivity contribution in [2.75, 3.05) is 4.90 Å². The molecule has 13 rings (SSSR count). The average molecular weight is 852 g/mol. The maximum Gasteiger partial charge on any atom is 0.0459 e. The van der Waals surface area contributed by atoms with Crippen molar-refractivity contribution < 1.29 is 0 Å². The van der Waals surface area contributed by atoms with E-state index in [0.29, 0.717) is 0 Å². The maximum absolute atomic E-state index is 2.51. The number of allylic oxidation sites excluding steroid dienone is 4. The Morgan fingerprint density at radius 3 is 0.970 bits per heavy atom. The van der Waals surface area contributed by atoms with Crippen molar-refractivity contribution in [3.05, 3.63) is 272 Å². The van der Waals surface area contributed by atoms with Crippen LogP contribution in [0.5, 0.6) is 0 Å². The maximum atomic E-state index is 2.51. The van der Waals surface area contributed by atoms with E-state index in [2.05, 4.69) is 266 Å². The largest absolute Gasteiger partial charge is 0.314 e. The second-order valence-corrected chi connectivity index (χ2v) is 17.9. The predicted octanol–water partition coefficient (Wildman–Crippen LogP) is 18.0. The van der Waals surface area contributed by atoms with E-state index in [1.165, 1.54) is 104 Å². The molecular formula is C66H45N. The summed E-state index contributed by atoms with van der Waals surface area (Å²) in [5.74, 6) is 0.403. The monoisotopic (exact) mass is 851 g/mol. The third-order valence-electron chi connectivity index (χ3n) is 14.2. The van der Waals surface area contributed by atoms with Crippen molar-refractivity contribution in [1.82, 2.24) is 0 Å². The molecule has 2 atom stereocenters. The van der Waals surface area contributed by atoms with Crippen molar-refractivity contribution in [2.45, 2.75) is 5.92 Å². The summed E-state index contributed by atoms with van der Waals surface area (Å²) < 4.78 is 0. The van der Waals surface area contributed by atoms with E-state index in [0.717, 1.165) is 11.4 Å². The second-order valence-electron chi connectivity index (χ2n) is 17.9. The molecule has 0 bridgehead atoms. The third kappa shape index (κ3) is 6.46. The molecule has 2 aliphatic rings. The van der Waals surface area contributed by atoms with Gasteiger partial charge in [-0.3, -0.25) is 0 Å². The molecule has 0 amide bonds. The van der Waals surface area contributed by atoms with Crippen LogP contribution in [-0.4, -0.2) is 0 Å². The fourth-order valence-corrected chi connectivity index (χ4v) is 11.3. The van der Waals surface area contributed by atoms with Crippen LogP contribution < -0.4 is 4.90 Å². The average Bonchev–Trinajstić information content (AvgIpc) is 3.40. The standard InChI is InChI=1S/C66H45N/c1-3-19-44(20-4-1)63-54-27-11-15-31-58(54)65(59-32-16-12-28-55(59)63)46-35-39-49(40-36-46)67(62-43-48-23-7-8-24-51(48)52-25-9-10-26-53(52)62)50-41-37-47(38-42-50)66-60-33-17-13-29-56(60)64(45-21-5-2-6-22-45)57-30-14-18-34-61(57)66/h1-43,52-53H. The van der Waals surface area contributed by atoms with Gasteiger partial charge in [-0.15, -0.1) is 0 Å². The molecular weight excluding hydrogens is 807 g/mol. The molecule has 1 nitrogen and oxygen atoms in total. The van der Waals surface area contributed by atoms with Gasteiger partial charge in [-0.1, -0.05) is 231 Å². The highest BCUT2D eigenvalue weighted by Gasteiger charge is 2.33. The lowest BCUT2D eigenvalue weighted by atomic mass is 9.74. The van der Waals surface area contributed by atoms with Crippen molar-refractivity contribution >= 4 is 60.5 Å². The Labute approximate surface area is 391 Å². The molecule has 0 saturated heterocycles. The van der Waals surface area contributed by atoms with Crippen LogP contribution in [0.4, 0.5) is 11.4 Å². The Bertz CT molecular complexity index is 3460. The highest BCUT2D eigenvalue weighted by Crippen LogP contribution is 2.49. The van der Waals surface area contributed by atoms with Gasteiger partial charge < -0.3 is 4.90 Å². The quantitative estimate of drug-likeness (QED) is 0.144. The molecule has 0 heterocycles. The van der Waals surface area contributed by atoms with Crippen molar-refractivity contribution in [3.63, 3.8) is 0 Å². The lowest BCUT2D eigenvalue weighted by Crippen LogP contribution is -2.28. The van der Waals surface area contributed by atoms with E-state index in [4.69, 9.17) is 0 Å². The molecule has 0 spiro atoms. The van der Waals surface area contributed by atoms with Crippen LogP contribution in [0.15, 0.2) is 261 Å². The van der Waals surface area contributed by atoms with E-state index in [1.807, 2.05) is 0 Å². The molecule has 2 unspecified atom stereocenters. The van der Waals surface area contributed by atoms with Crippen LogP contribution in [0.1, 0.15) is 17.0 Å². The minimum Gasteiger partial charge on any atom is -0.314 e. The fraction of sp³-hybridized carbons (Fsp3) is 0.0303. The lowest BCUT2D eigenvalue weighted by molar-refractivity contribution is 0.643. The zero-order valence-corrected chi connectivity index (χ0v) is 36.9. The molecule has 11 aromatic rings. The fourth-order valence-electron chi connectivity index (χ4n) is 11.3. The zero-order valence-electron chi connectivity index (χ0n) is 36.9. The Balaban J connectivity index is 0.984. The van der Waals surface area contributed by atoms with E-state index >= 15 is 0 Å². The first-order valence-corrected chi connectivity index (χ1v) is 23.4. The molecule has 11 aromatic carbocycles. The van der Waals surface area contributed by atoms with Crippen LogP contribution in [0.25, 0.3) is 93.7 Å². The summed E-state index contributed by atoms with van der Waals surface area (Å²) in [6.07, 6.45) is 11.6. The summed E-state index contributed by atoms with van der Waals surface area (Å²) in [4.78, 5) is 2.51. The van der Waals surface area contributed by atoms with Gasteiger partial charge in [0.15, 0.2) is 0 Å². The van der Waals surface area contributed by atoms with Crippen LogP contribution in [0.2, 0.25) is 0 Å². The van der Waals surface area contributed by atoms with Crippen molar-refractivity contribution in [3.8, 4) is 44.5 Å². The number of benzene rings is 11. The molecule has 0 aromatic heterocycles. The molecule has 67 heavy (non-hydrogen) atoms. The van der Waals surface area contributed by atoms with Gasteiger partial charge in [-0.25, -0.2) is 0 Å². The van der Waals surface area contributed by atoms with Crippen LogP contribution in [0.3, 0.4) is 0 Å². The van der Waals surface area contributed by atoms with Gasteiger partial charge in [0.05, 0.1) is 0 Å².